The van der Waals surface area contributed by atoms with Crippen LogP contribution in [0.5, 0.6) is 0 Å². The first-order chi connectivity index (χ1) is 8.09. The number of rotatable bonds is 6. The molecule has 17 heavy (non-hydrogen) atoms. The molecule has 1 unspecified atom stereocenters. The van der Waals surface area contributed by atoms with E-state index in [0.29, 0.717) is 12.8 Å². The van der Waals surface area contributed by atoms with Gasteiger partial charge in [-0.1, -0.05) is 37.3 Å². The Morgan fingerprint density at radius 2 is 1.94 bits per heavy atom. The average molecular weight is 235 g/mol. The number of hydrogen-bond acceptors (Lipinski definition) is 2. The van der Waals surface area contributed by atoms with Crippen LogP contribution in [0.4, 0.5) is 0 Å². The molecule has 0 radical (unpaired) electrons. The number of carbonyl (C=O) groups is 2. The van der Waals surface area contributed by atoms with Crippen LogP contribution in [-0.4, -0.2) is 23.5 Å². The molecule has 0 fully saturated rings. The Kier molecular flexibility index (Phi) is 5.20. The van der Waals surface area contributed by atoms with Gasteiger partial charge >= 0.3 is 5.97 Å². The molecule has 1 atom stereocenters. The minimum absolute atomic E-state index is 0.109. The van der Waals surface area contributed by atoms with Crippen molar-refractivity contribution in [3.63, 3.8) is 0 Å². The van der Waals surface area contributed by atoms with Crippen LogP contribution in [-0.2, 0) is 16.0 Å². The first-order valence-corrected chi connectivity index (χ1v) is 5.63. The second kappa shape index (κ2) is 6.68. The van der Waals surface area contributed by atoms with Crippen LogP contribution >= 0.6 is 0 Å². The summed E-state index contributed by atoms with van der Waals surface area (Å²) in [7, 11) is 0. The van der Waals surface area contributed by atoms with Crippen molar-refractivity contribution in [3.8, 4) is 0 Å². The summed E-state index contributed by atoms with van der Waals surface area (Å²) < 4.78 is 0. The topological polar surface area (TPSA) is 66.4 Å². The van der Waals surface area contributed by atoms with Crippen LogP contribution in [0.15, 0.2) is 30.3 Å². The minimum atomic E-state index is -0.895. The van der Waals surface area contributed by atoms with Gasteiger partial charge in [0, 0.05) is 13.0 Å². The van der Waals surface area contributed by atoms with Crippen LogP contribution in [0.2, 0.25) is 0 Å². The van der Waals surface area contributed by atoms with Crippen molar-refractivity contribution < 1.29 is 14.7 Å². The van der Waals surface area contributed by atoms with E-state index in [-0.39, 0.29) is 12.5 Å². The molecule has 0 spiro atoms. The Labute approximate surface area is 101 Å². The van der Waals surface area contributed by atoms with Gasteiger partial charge in [-0.05, 0) is 12.0 Å². The smallest absolute Gasteiger partial charge is 0.308 e. The van der Waals surface area contributed by atoms with E-state index in [9.17, 15) is 9.59 Å². The highest BCUT2D eigenvalue weighted by Gasteiger charge is 2.11. The number of nitrogens with one attached hydrogen (secondary N) is 1. The summed E-state index contributed by atoms with van der Waals surface area (Å²) in [5, 5.41) is 11.3. The van der Waals surface area contributed by atoms with E-state index in [0.717, 1.165) is 5.56 Å². The number of aryl methyl sites for hydroxylation is 1. The third-order valence-corrected chi connectivity index (χ3v) is 2.51. The van der Waals surface area contributed by atoms with Crippen molar-refractivity contribution >= 4 is 11.9 Å². The van der Waals surface area contributed by atoms with Crippen LogP contribution in [0.1, 0.15) is 18.9 Å². The molecule has 0 aliphatic rings. The van der Waals surface area contributed by atoms with Crippen LogP contribution in [0.3, 0.4) is 0 Å². The zero-order valence-electron chi connectivity index (χ0n) is 9.85. The summed E-state index contributed by atoms with van der Waals surface area (Å²) >= 11 is 0. The average Bonchev–Trinajstić information content (AvgIpc) is 2.34. The molecule has 4 nitrogen and oxygen atoms in total. The van der Waals surface area contributed by atoms with Crippen molar-refractivity contribution in [2.24, 2.45) is 5.92 Å². The summed E-state index contributed by atoms with van der Waals surface area (Å²) in [5.41, 5.74) is 1.11. The number of hydrogen-bond donors (Lipinski definition) is 2. The van der Waals surface area contributed by atoms with Gasteiger partial charge in [0.25, 0.3) is 0 Å². The van der Waals surface area contributed by atoms with Gasteiger partial charge in [-0.15, -0.1) is 0 Å². The summed E-state index contributed by atoms with van der Waals surface area (Å²) in [6.45, 7) is 1.75. The molecule has 0 saturated heterocycles. The maximum Gasteiger partial charge on any atom is 0.308 e. The van der Waals surface area contributed by atoms with E-state index in [1.165, 1.54) is 0 Å². The molecule has 1 aromatic rings. The van der Waals surface area contributed by atoms with Gasteiger partial charge in [0.15, 0.2) is 0 Å². The third kappa shape index (κ3) is 5.15. The van der Waals surface area contributed by atoms with Crippen LogP contribution in [0.25, 0.3) is 0 Å². The lowest BCUT2D eigenvalue weighted by Gasteiger charge is -2.08. The summed E-state index contributed by atoms with van der Waals surface area (Å²) in [5.74, 6) is -1.55. The third-order valence-electron chi connectivity index (χ3n) is 2.51. The van der Waals surface area contributed by atoms with E-state index in [4.69, 9.17) is 5.11 Å². The lowest BCUT2D eigenvalue weighted by atomic mass is 10.1. The number of benzene rings is 1. The molecule has 2 N–H and O–H groups in total. The molecule has 0 aromatic heterocycles. The molecule has 4 heteroatoms. The molecule has 0 saturated carbocycles. The summed E-state index contributed by atoms with van der Waals surface area (Å²) in [6.07, 6.45) is 1.06. The zero-order chi connectivity index (χ0) is 12.7. The largest absolute Gasteiger partial charge is 0.481 e. The van der Waals surface area contributed by atoms with Gasteiger partial charge < -0.3 is 10.4 Å². The van der Waals surface area contributed by atoms with Crippen molar-refractivity contribution in [1.82, 2.24) is 5.32 Å². The molecular weight excluding hydrogens is 218 g/mol. The maximum absolute atomic E-state index is 11.4. The highest BCUT2D eigenvalue weighted by molar-refractivity contribution is 5.77. The molecular formula is C13H17NO3. The monoisotopic (exact) mass is 235 g/mol. The van der Waals surface area contributed by atoms with Crippen molar-refractivity contribution in [2.45, 2.75) is 19.8 Å². The fourth-order valence-corrected chi connectivity index (χ4v) is 1.35. The van der Waals surface area contributed by atoms with Gasteiger partial charge in [0.2, 0.25) is 5.91 Å². The second-order valence-corrected chi connectivity index (χ2v) is 4.03. The molecule has 0 aliphatic heterocycles. The molecule has 1 amide bonds. The Morgan fingerprint density at radius 1 is 1.29 bits per heavy atom. The Balaban J connectivity index is 2.24. The highest BCUT2D eigenvalue weighted by atomic mass is 16.4. The number of carbonyl (C=O) groups excluding carboxylic acids is 1. The quantitative estimate of drug-likeness (QED) is 0.784. The van der Waals surface area contributed by atoms with Crippen molar-refractivity contribution in [1.29, 1.82) is 0 Å². The predicted molar refractivity (Wildman–Crippen MR) is 64.6 cm³/mol. The van der Waals surface area contributed by atoms with Gasteiger partial charge in [-0.3, -0.25) is 9.59 Å². The van der Waals surface area contributed by atoms with Crippen molar-refractivity contribution in [3.05, 3.63) is 35.9 Å². The molecule has 92 valence electrons. The Morgan fingerprint density at radius 3 is 2.53 bits per heavy atom. The summed E-state index contributed by atoms with van der Waals surface area (Å²) in [6, 6.07) is 9.72. The molecule has 0 heterocycles. The molecule has 0 bridgehead atoms. The van der Waals surface area contributed by atoms with Crippen LogP contribution < -0.4 is 5.32 Å². The number of carboxylic acids is 1. The van der Waals surface area contributed by atoms with E-state index < -0.39 is 11.9 Å². The maximum atomic E-state index is 11.4. The molecule has 0 aliphatic carbocycles. The van der Waals surface area contributed by atoms with Gasteiger partial charge in [0.1, 0.15) is 0 Å². The number of carboxylic acid groups (broad SMARTS) is 1. The first-order valence-electron chi connectivity index (χ1n) is 5.63. The van der Waals surface area contributed by atoms with Crippen molar-refractivity contribution in [2.75, 3.05) is 6.54 Å². The van der Waals surface area contributed by atoms with E-state index in [1.54, 1.807) is 6.92 Å². The van der Waals surface area contributed by atoms with E-state index in [1.807, 2.05) is 30.3 Å². The van der Waals surface area contributed by atoms with E-state index in [2.05, 4.69) is 5.32 Å². The molecule has 1 rings (SSSR count). The molecule has 1 aromatic carbocycles. The normalized spacial score (nSPS) is 11.8. The van der Waals surface area contributed by atoms with Gasteiger partial charge in [-0.25, -0.2) is 0 Å². The number of aliphatic carboxylic acids is 1. The first kappa shape index (κ1) is 13.2. The predicted octanol–water partition coefficient (Wildman–Crippen LogP) is 1.46. The second-order valence-electron chi connectivity index (χ2n) is 4.03. The number of amides is 1. The SMILES string of the molecule is CC(CNC(=O)CCc1ccccc1)C(=O)O. The highest BCUT2D eigenvalue weighted by Crippen LogP contribution is 2.02. The lowest BCUT2D eigenvalue weighted by Crippen LogP contribution is -2.31. The Hall–Kier alpha value is -1.84. The van der Waals surface area contributed by atoms with E-state index >= 15 is 0 Å². The Bertz CT molecular complexity index is 376. The van der Waals surface area contributed by atoms with Gasteiger partial charge in [-0.2, -0.15) is 0 Å². The summed E-state index contributed by atoms with van der Waals surface area (Å²) in [4.78, 5) is 22.0. The van der Waals surface area contributed by atoms with Gasteiger partial charge in [0.05, 0.1) is 5.92 Å². The van der Waals surface area contributed by atoms with Crippen LogP contribution in [0, 0.1) is 5.92 Å². The zero-order valence-corrected chi connectivity index (χ0v) is 9.85. The standard InChI is InChI=1S/C13H17NO3/c1-10(13(16)17)9-14-12(15)8-7-11-5-3-2-4-6-11/h2-6,10H,7-9H2,1H3,(H,14,15)(H,16,17). The fraction of sp³-hybridized carbons (Fsp3) is 0.385. The lowest BCUT2D eigenvalue weighted by molar-refractivity contribution is -0.141. The fourth-order valence-electron chi connectivity index (χ4n) is 1.35. The minimum Gasteiger partial charge on any atom is -0.481 e.